The highest BCUT2D eigenvalue weighted by molar-refractivity contribution is 9.10. The summed E-state index contributed by atoms with van der Waals surface area (Å²) in [6.45, 7) is 5.93. The average molecular weight is 342 g/mol. The first kappa shape index (κ1) is 15.5. The standard InChI is InChI=1S/C18H16BrNO/c1-11-4-7-17(19)15(8-11)18(21)16(10-20)14-6-5-12(2)13(3)9-14/h4-9,16H,1-3H3. The number of carbonyl (C=O) groups excluding carboxylic acids is 1. The predicted molar refractivity (Wildman–Crippen MR) is 87.5 cm³/mol. The first-order valence-corrected chi connectivity index (χ1v) is 7.50. The Bertz CT molecular complexity index is 743. The molecule has 0 saturated carbocycles. The van der Waals surface area contributed by atoms with Gasteiger partial charge in [-0.15, -0.1) is 0 Å². The van der Waals surface area contributed by atoms with Crippen molar-refractivity contribution in [1.82, 2.24) is 0 Å². The summed E-state index contributed by atoms with van der Waals surface area (Å²) in [5, 5.41) is 9.45. The molecule has 21 heavy (non-hydrogen) atoms. The number of ketones is 1. The van der Waals surface area contributed by atoms with Crippen LogP contribution in [0.4, 0.5) is 0 Å². The maximum atomic E-state index is 12.7. The topological polar surface area (TPSA) is 40.9 Å². The van der Waals surface area contributed by atoms with Crippen LogP contribution in [0.15, 0.2) is 40.9 Å². The number of Topliss-reactive ketones (excluding diaryl/α,β-unsaturated/α-hetero) is 1. The molecule has 0 N–H and O–H groups in total. The van der Waals surface area contributed by atoms with Crippen molar-refractivity contribution < 1.29 is 4.79 Å². The summed E-state index contributed by atoms with van der Waals surface area (Å²) in [6.07, 6.45) is 0. The third kappa shape index (κ3) is 3.22. The van der Waals surface area contributed by atoms with Gasteiger partial charge in [0.25, 0.3) is 0 Å². The van der Waals surface area contributed by atoms with Crippen molar-refractivity contribution in [2.24, 2.45) is 0 Å². The molecule has 1 unspecified atom stereocenters. The van der Waals surface area contributed by atoms with Crippen molar-refractivity contribution in [3.63, 3.8) is 0 Å². The van der Waals surface area contributed by atoms with Crippen LogP contribution in [0.3, 0.4) is 0 Å². The first-order valence-electron chi connectivity index (χ1n) is 6.71. The van der Waals surface area contributed by atoms with Gasteiger partial charge in [0.15, 0.2) is 5.78 Å². The van der Waals surface area contributed by atoms with Crippen molar-refractivity contribution in [3.05, 3.63) is 68.7 Å². The number of nitrogens with zero attached hydrogens (tertiary/aromatic N) is 1. The molecule has 0 spiro atoms. The second kappa shape index (κ2) is 6.24. The minimum absolute atomic E-state index is 0.170. The van der Waals surface area contributed by atoms with Crippen LogP contribution in [0.25, 0.3) is 0 Å². The molecule has 1 atom stereocenters. The summed E-state index contributed by atoms with van der Waals surface area (Å²) < 4.78 is 0.724. The van der Waals surface area contributed by atoms with E-state index in [0.717, 1.165) is 26.7 Å². The molecular weight excluding hydrogens is 326 g/mol. The Kier molecular flexibility index (Phi) is 4.59. The molecule has 0 aliphatic heterocycles. The third-order valence-corrected chi connectivity index (χ3v) is 4.33. The van der Waals surface area contributed by atoms with E-state index in [1.165, 1.54) is 0 Å². The Morgan fingerprint density at radius 3 is 2.43 bits per heavy atom. The van der Waals surface area contributed by atoms with E-state index in [-0.39, 0.29) is 5.78 Å². The van der Waals surface area contributed by atoms with Gasteiger partial charge in [0.2, 0.25) is 0 Å². The number of hydrogen-bond acceptors (Lipinski definition) is 2. The lowest BCUT2D eigenvalue weighted by Gasteiger charge is -2.12. The first-order chi connectivity index (χ1) is 9.93. The van der Waals surface area contributed by atoms with E-state index >= 15 is 0 Å². The lowest BCUT2D eigenvalue weighted by atomic mass is 9.89. The van der Waals surface area contributed by atoms with Crippen LogP contribution in [-0.2, 0) is 0 Å². The van der Waals surface area contributed by atoms with Crippen LogP contribution in [0.1, 0.15) is 38.5 Å². The molecule has 0 aliphatic carbocycles. The molecule has 2 aromatic rings. The van der Waals surface area contributed by atoms with Gasteiger partial charge in [-0.2, -0.15) is 5.26 Å². The molecule has 2 rings (SSSR count). The molecule has 2 aromatic carbocycles. The Balaban J connectivity index is 2.46. The maximum Gasteiger partial charge on any atom is 0.185 e. The van der Waals surface area contributed by atoms with E-state index in [0.29, 0.717) is 5.56 Å². The third-order valence-electron chi connectivity index (χ3n) is 3.64. The van der Waals surface area contributed by atoms with Crippen LogP contribution in [0.5, 0.6) is 0 Å². The predicted octanol–water partition coefficient (Wildman–Crippen LogP) is 4.86. The Morgan fingerprint density at radius 1 is 1.10 bits per heavy atom. The highest BCUT2D eigenvalue weighted by atomic mass is 79.9. The number of benzene rings is 2. The van der Waals surface area contributed by atoms with Crippen LogP contribution in [0, 0.1) is 32.1 Å². The van der Waals surface area contributed by atoms with Gasteiger partial charge in [-0.1, -0.05) is 45.8 Å². The molecule has 106 valence electrons. The fraction of sp³-hybridized carbons (Fsp3) is 0.222. The highest BCUT2D eigenvalue weighted by Crippen LogP contribution is 2.27. The average Bonchev–Trinajstić information content (AvgIpc) is 2.46. The Hall–Kier alpha value is -1.92. The van der Waals surface area contributed by atoms with Gasteiger partial charge in [-0.3, -0.25) is 4.79 Å². The zero-order chi connectivity index (χ0) is 15.6. The normalized spacial score (nSPS) is 11.8. The fourth-order valence-electron chi connectivity index (χ4n) is 2.21. The summed E-state index contributed by atoms with van der Waals surface area (Å²) in [4.78, 5) is 12.7. The number of aryl methyl sites for hydroxylation is 3. The van der Waals surface area contributed by atoms with Gasteiger partial charge in [0, 0.05) is 10.0 Å². The molecule has 2 nitrogen and oxygen atoms in total. The van der Waals surface area contributed by atoms with Crippen molar-refractivity contribution >= 4 is 21.7 Å². The number of rotatable bonds is 3. The minimum Gasteiger partial charge on any atom is -0.292 e. The second-order valence-corrected chi connectivity index (χ2v) is 6.11. The molecule has 0 heterocycles. The Morgan fingerprint density at radius 2 is 1.81 bits per heavy atom. The van der Waals surface area contributed by atoms with Gasteiger partial charge in [0.05, 0.1) is 6.07 Å². The van der Waals surface area contributed by atoms with E-state index in [1.54, 1.807) is 0 Å². The summed E-state index contributed by atoms with van der Waals surface area (Å²) >= 11 is 3.40. The van der Waals surface area contributed by atoms with Crippen molar-refractivity contribution in [1.29, 1.82) is 5.26 Å². The van der Waals surface area contributed by atoms with Gasteiger partial charge in [0.1, 0.15) is 5.92 Å². The molecule has 0 bridgehead atoms. The van der Waals surface area contributed by atoms with E-state index in [4.69, 9.17) is 0 Å². The van der Waals surface area contributed by atoms with Crippen molar-refractivity contribution in [2.45, 2.75) is 26.7 Å². The molecule has 3 heteroatoms. The molecule has 0 aliphatic rings. The van der Waals surface area contributed by atoms with Crippen LogP contribution in [0.2, 0.25) is 0 Å². The van der Waals surface area contributed by atoms with E-state index in [9.17, 15) is 10.1 Å². The largest absolute Gasteiger partial charge is 0.292 e. The number of carbonyl (C=O) groups is 1. The zero-order valence-corrected chi connectivity index (χ0v) is 13.9. The highest BCUT2D eigenvalue weighted by Gasteiger charge is 2.23. The summed E-state index contributed by atoms with van der Waals surface area (Å²) in [7, 11) is 0. The number of hydrogen-bond donors (Lipinski definition) is 0. The fourth-order valence-corrected chi connectivity index (χ4v) is 2.65. The van der Waals surface area contributed by atoms with Crippen LogP contribution in [-0.4, -0.2) is 5.78 Å². The van der Waals surface area contributed by atoms with Gasteiger partial charge < -0.3 is 0 Å². The van der Waals surface area contributed by atoms with Gasteiger partial charge in [-0.05, 0) is 49.6 Å². The summed E-state index contributed by atoms with van der Waals surface area (Å²) in [5.41, 5.74) is 4.54. The Labute approximate surface area is 133 Å². The molecule has 0 aromatic heterocycles. The smallest absolute Gasteiger partial charge is 0.185 e. The minimum atomic E-state index is -0.776. The zero-order valence-electron chi connectivity index (χ0n) is 12.3. The molecule has 0 amide bonds. The van der Waals surface area contributed by atoms with E-state index in [2.05, 4.69) is 22.0 Å². The number of nitriles is 1. The SMILES string of the molecule is Cc1ccc(Br)c(C(=O)C(C#N)c2ccc(C)c(C)c2)c1. The summed E-state index contributed by atoms with van der Waals surface area (Å²) in [6, 6.07) is 13.5. The molecule has 0 fully saturated rings. The lowest BCUT2D eigenvalue weighted by molar-refractivity contribution is 0.0978. The second-order valence-electron chi connectivity index (χ2n) is 5.25. The summed E-state index contributed by atoms with van der Waals surface area (Å²) in [5.74, 6) is -0.946. The van der Waals surface area contributed by atoms with Crippen LogP contribution < -0.4 is 0 Å². The lowest BCUT2D eigenvalue weighted by Crippen LogP contribution is -2.12. The maximum absolute atomic E-state index is 12.7. The quantitative estimate of drug-likeness (QED) is 0.747. The number of halogens is 1. The van der Waals surface area contributed by atoms with E-state index in [1.807, 2.05) is 57.2 Å². The molecule has 0 saturated heterocycles. The molecule has 0 radical (unpaired) electrons. The van der Waals surface area contributed by atoms with Gasteiger partial charge >= 0.3 is 0 Å². The van der Waals surface area contributed by atoms with E-state index < -0.39 is 5.92 Å². The van der Waals surface area contributed by atoms with Crippen molar-refractivity contribution in [3.8, 4) is 6.07 Å². The van der Waals surface area contributed by atoms with Gasteiger partial charge in [-0.25, -0.2) is 0 Å². The molecular formula is C18H16BrNO. The van der Waals surface area contributed by atoms with Crippen LogP contribution >= 0.6 is 15.9 Å². The monoisotopic (exact) mass is 341 g/mol. The van der Waals surface area contributed by atoms with Crippen molar-refractivity contribution in [2.75, 3.05) is 0 Å².